The molecule has 2 aromatic carbocycles. The van der Waals surface area contributed by atoms with E-state index in [4.69, 9.17) is 20.5 Å². The maximum absolute atomic E-state index is 8.82. The van der Waals surface area contributed by atoms with Gasteiger partial charge in [0.1, 0.15) is 6.07 Å². The predicted molar refractivity (Wildman–Crippen MR) is 71.4 cm³/mol. The number of rotatable bonds is 2. The summed E-state index contributed by atoms with van der Waals surface area (Å²) in [5.74, 6) is 1.46. The second-order valence-corrected chi connectivity index (χ2v) is 4.11. The Morgan fingerprint density at radius 1 is 1.05 bits per heavy atom. The van der Waals surface area contributed by atoms with E-state index in [-0.39, 0.29) is 6.79 Å². The Balaban J connectivity index is 1.85. The topological polar surface area (TPSA) is 80.3 Å². The van der Waals surface area contributed by atoms with Crippen LogP contribution in [0.4, 0.5) is 17.1 Å². The summed E-state index contributed by atoms with van der Waals surface area (Å²) >= 11 is 0. The summed E-state index contributed by atoms with van der Waals surface area (Å²) in [6.07, 6.45) is 0. The van der Waals surface area contributed by atoms with Crippen LogP contribution >= 0.6 is 0 Å². The van der Waals surface area contributed by atoms with Crippen LogP contribution in [0.25, 0.3) is 0 Å². The van der Waals surface area contributed by atoms with Crippen molar-refractivity contribution in [1.82, 2.24) is 0 Å². The number of benzene rings is 2. The SMILES string of the molecule is N#Cc1ccc(Nc2ccc3c(c2)OCO3)cc1N. The van der Waals surface area contributed by atoms with Crippen molar-refractivity contribution in [2.24, 2.45) is 0 Å². The van der Waals surface area contributed by atoms with Gasteiger partial charge < -0.3 is 20.5 Å². The molecule has 0 aliphatic carbocycles. The standard InChI is InChI=1S/C14H11N3O2/c15-7-9-1-2-10(5-12(9)16)17-11-3-4-13-14(6-11)19-8-18-13/h1-6,17H,8,16H2. The van der Waals surface area contributed by atoms with E-state index in [1.165, 1.54) is 0 Å². The van der Waals surface area contributed by atoms with E-state index in [0.29, 0.717) is 17.0 Å². The van der Waals surface area contributed by atoms with Crippen LogP contribution in [0, 0.1) is 11.3 Å². The maximum Gasteiger partial charge on any atom is 0.231 e. The van der Waals surface area contributed by atoms with Gasteiger partial charge in [-0.15, -0.1) is 0 Å². The van der Waals surface area contributed by atoms with Crippen molar-refractivity contribution in [2.75, 3.05) is 17.8 Å². The van der Waals surface area contributed by atoms with Crippen LogP contribution < -0.4 is 20.5 Å². The minimum Gasteiger partial charge on any atom is -0.454 e. The van der Waals surface area contributed by atoms with Crippen LogP contribution in [0.3, 0.4) is 0 Å². The van der Waals surface area contributed by atoms with E-state index >= 15 is 0 Å². The number of hydrogen-bond acceptors (Lipinski definition) is 5. The van der Waals surface area contributed by atoms with Gasteiger partial charge in [-0.25, -0.2) is 0 Å². The highest BCUT2D eigenvalue weighted by Gasteiger charge is 2.13. The molecule has 1 heterocycles. The molecule has 1 aliphatic heterocycles. The molecule has 0 bridgehead atoms. The molecule has 0 aromatic heterocycles. The number of nitrogen functional groups attached to an aromatic ring is 1. The molecule has 0 atom stereocenters. The van der Waals surface area contributed by atoms with Crippen LogP contribution in [0.2, 0.25) is 0 Å². The summed E-state index contributed by atoms with van der Waals surface area (Å²) in [5, 5.41) is 12.0. The molecule has 1 aliphatic rings. The van der Waals surface area contributed by atoms with E-state index in [1.807, 2.05) is 24.3 Å². The fourth-order valence-corrected chi connectivity index (χ4v) is 1.88. The highest BCUT2D eigenvalue weighted by atomic mass is 16.7. The molecule has 0 spiro atoms. The lowest BCUT2D eigenvalue weighted by Crippen LogP contribution is -1.95. The molecule has 0 unspecified atom stereocenters. The van der Waals surface area contributed by atoms with Crippen molar-refractivity contribution in [3.8, 4) is 17.6 Å². The van der Waals surface area contributed by atoms with Crippen molar-refractivity contribution in [3.05, 3.63) is 42.0 Å². The quantitative estimate of drug-likeness (QED) is 0.804. The van der Waals surface area contributed by atoms with E-state index in [2.05, 4.69) is 5.32 Å². The zero-order valence-electron chi connectivity index (χ0n) is 10.0. The first-order chi connectivity index (χ1) is 9.26. The van der Waals surface area contributed by atoms with E-state index in [9.17, 15) is 0 Å². The molecule has 5 heteroatoms. The third-order valence-electron chi connectivity index (χ3n) is 2.83. The average molecular weight is 253 g/mol. The lowest BCUT2D eigenvalue weighted by atomic mass is 10.1. The minimum absolute atomic E-state index is 0.253. The van der Waals surface area contributed by atoms with Gasteiger partial charge in [0, 0.05) is 17.4 Å². The summed E-state index contributed by atoms with van der Waals surface area (Å²) in [6, 6.07) is 12.8. The number of anilines is 3. The summed E-state index contributed by atoms with van der Waals surface area (Å²) in [6.45, 7) is 0.253. The third kappa shape index (κ3) is 2.11. The average Bonchev–Trinajstić information content (AvgIpc) is 2.86. The van der Waals surface area contributed by atoms with Gasteiger partial charge in [0.25, 0.3) is 0 Å². The number of hydrogen-bond donors (Lipinski definition) is 2. The molecule has 0 radical (unpaired) electrons. The zero-order valence-corrected chi connectivity index (χ0v) is 10.0. The Kier molecular flexibility index (Phi) is 2.62. The number of nitrogens with two attached hydrogens (primary N) is 1. The summed E-state index contributed by atoms with van der Waals surface area (Å²) in [7, 11) is 0. The molecule has 3 rings (SSSR count). The highest BCUT2D eigenvalue weighted by Crippen LogP contribution is 2.35. The Labute approximate surface area is 110 Å². The third-order valence-corrected chi connectivity index (χ3v) is 2.83. The number of nitriles is 1. The van der Waals surface area contributed by atoms with E-state index < -0.39 is 0 Å². The molecule has 3 N–H and O–H groups in total. The highest BCUT2D eigenvalue weighted by molar-refractivity contribution is 5.69. The molecule has 5 nitrogen and oxygen atoms in total. The number of nitrogens with zero attached hydrogens (tertiary/aromatic N) is 1. The Morgan fingerprint density at radius 2 is 1.79 bits per heavy atom. The van der Waals surface area contributed by atoms with Crippen LogP contribution in [0.1, 0.15) is 5.56 Å². The monoisotopic (exact) mass is 253 g/mol. The van der Waals surface area contributed by atoms with Crippen molar-refractivity contribution < 1.29 is 9.47 Å². The summed E-state index contributed by atoms with van der Waals surface area (Å²) in [5.41, 5.74) is 8.37. The van der Waals surface area contributed by atoms with Crippen molar-refractivity contribution in [1.29, 1.82) is 5.26 Å². The van der Waals surface area contributed by atoms with Crippen molar-refractivity contribution in [2.45, 2.75) is 0 Å². The van der Waals surface area contributed by atoms with E-state index in [1.54, 1.807) is 18.2 Å². The smallest absolute Gasteiger partial charge is 0.231 e. The zero-order chi connectivity index (χ0) is 13.2. The molecule has 0 saturated heterocycles. The van der Waals surface area contributed by atoms with Crippen LogP contribution in [0.5, 0.6) is 11.5 Å². The fraction of sp³-hybridized carbons (Fsp3) is 0.0714. The van der Waals surface area contributed by atoms with Gasteiger partial charge in [-0.1, -0.05) is 0 Å². The summed E-state index contributed by atoms with van der Waals surface area (Å²) < 4.78 is 10.6. The maximum atomic E-state index is 8.82. The summed E-state index contributed by atoms with van der Waals surface area (Å²) in [4.78, 5) is 0. The first-order valence-electron chi connectivity index (χ1n) is 5.72. The van der Waals surface area contributed by atoms with Crippen LogP contribution in [0.15, 0.2) is 36.4 Å². The van der Waals surface area contributed by atoms with Gasteiger partial charge >= 0.3 is 0 Å². The van der Waals surface area contributed by atoms with Crippen LogP contribution in [-0.4, -0.2) is 6.79 Å². The van der Waals surface area contributed by atoms with Crippen molar-refractivity contribution in [3.63, 3.8) is 0 Å². The molecule has 2 aromatic rings. The number of fused-ring (bicyclic) bond motifs is 1. The molecular formula is C14H11N3O2. The van der Waals surface area contributed by atoms with Gasteiger partial charge in [0.05, 0.1) is 11.3 Å². The van der Waals surface area contributed by atoms with Gasteiger partial charge in [-0.3, -0.25) is 0 Å². The lowest BCUT2D eigenvalue weighted by Gasteiger charge is -2.08. The van der Waals surface area contributed by atoms with Gasteiger partial charge in [-0.2, -0.15) is 5.26 Å². The largest absolute Gasteiger partial charge is 0.454 e. The first-order valence-corrected chi connectivity index (χ1v) is 5.72. The molecular weight excluding hydrogens is 242 g/mol. The molecule has 0 amide bonds. The fourth-order valence-electron chi connectivity index (χ4n) is 1.88. The Morgan fingerprint density at radius 3 is 2.58 bits per heavy atom. The minimum atomic E-state index is 0.253. The second kappa shape index (κ2) is 4.42. The van der Waals surface area contributed by atoms with Gasteiger partial charge in [0.15, 0.2) is 11.5 Å². The van der Waals surface area contributed by atoms with Gasteiger partial charge in [0.2, 0.25) is 6.79 Å². The molecule has 0 fully saturated rings. The van der Waals surface area contributed by atoms with E-state index in [0.717, 1.165) is 17.1 Å². The second-order valence-electron chi connectivity index (χ2n) is 4.11. The molecule has 0 saturated carbocycles. The molecule has 94 valence electrons. The Hall–Kier alpha value is -2.87. The molecule has 19 heavy (non-hydrogen) atoms. The first kappa shape index (κ1) is 11.2. The lowest BCUT2D eigenvalue weighted by molar-refractivity contribution is 0.174. The number of nitrogens with one attached hydrogen (secondary N) is 1. The normalized spacial score (nSPS) is 11.9. The number of ether oxygens (including phenoxy) is 2. The van der Waals surface area contributed by atoms with Crippen LogP contribution in [-0.2, 0) is 0 Å². The van der Waals surface area contributed by atoms with Crippen molar-refractivity contribution >= 4 is 17.1 Å². The van der Waals surface area contributed by atoms with Gasteiger partial charge in [-0.05, 0) is 30.3 Å². The Bertz CT molecular complexity index is 668. The predicted octanol–water partition coefficient (Wildman–Crippen LogP) is 2.61.